The number of aromatic nitrogens is 4. The number of benzene rings is 2. The topological polar surface area (TPSA) is 51.6 Å². The van der Waals surface area contributed by atoms with Gasteiger partial charge >= 0.3 is 0 Å². The summed E-state index contributed by atoms with van der Waals surface area (Å²) in [7, 11) is 0. The van der Waals surface area contributed by atoms with Crippen molar-refractivity contribution in [3.05, 3.63) is 118 Å². The summed E-state index contributed by atoms with van der Waals surface area (Å²) >= 11 is 12.5. The lowest BCUT2D eigenvalue weighted by atomic mass is 9.50. The van der Waals surface area contributed by atoms with Gasteiger partial charge in [-0.2, -0.15) is 0 Å². The zero-order valence-corrected chi connectivity index (χ0v) is 17.4. The van der Waals surface area contributed by atoms with Crippen LogP contribution in [0.3, 0.4) is 0 Å². The van der Waals surface area contributed by atoms with Crippen LogP contribution in [0.5, 0.6) is 0 Å². The molecule has 1 fully saturated rings. The van der Waals surface area contributed by atoms with Gasteiger partial charge < -0.3 is 0 Å². The van der Waals surface area contributed by atoms with Gasteiger partial charge in [-0.1, -0.05) is 83.9 Å². The van der Waals surface area contributed by atoms with E-state index in [0.29, 0.717) is 10.3 Å². The molecule has 0 bridgehead atoms. The summed E-state index contributed by atoms with van der Waals surface area (Å²) in [6, 6.07) is 24.7. The maximum Gasteiger partial charge on any atom is 0.132 e. The molecule has 30 heavy (non-hydrogen) atoms. The fourth-order valence-corrected chi connectivity index (χ4v) is 5.03. The first-order valence-corrected chi connectivity index (χ1v) is 10.5. The van der Waals surface area contributed by atoms with Crippen molar-refractivity contribution in [2.24, 2.45) is 0 Å². The highest BCUT2D eigenvalue weighted by atomic mass is 35.5. The van der Waals surface area contributed by atoms with Crippen LogP contribution in [0, 0.1) is 0 Å². The van der Waals surface area contributed by atoms with Crippen molar-refractivity contribution in [3.63, 3.8) is 0 Å². The summed E-state index contributed by atoms with van der Waals surface area (Å²) < 4.78 is 0. The Kier molecular flexibility index (Phi) is 5.19. The molecule has 2 aromatic carbocycles. The number of rotatable bonds is 4. The van der Waals surface area contributed by atoms with E-state index in [4.69, 9.17) is 23.2 Å². The molecule has 0 aliphatic heterocycles. The minimum atomic E-state index is 0.133. The van der Waals surface area contributed by atoms with Crippen LogP contribution in [-0.2, 0) is 0 Å². The van der Waals surface area contributed by atoms with E-state index in [1.807, 2.05) is 24.3 Å². The van der Waals surface area contributed by atoms with Gasteiger partial charge in [-0.15, -0.1) is 0 Å². The molecule has 4 nitrogen and oxygen atoms in total. The summed E-state index contributed by atoms with van der Waals surface area (Å²) in [5.41, 5.74) is 4.36. The standard InChI is InChI=1S/C24H18Cl2N4/c25-19-11-17(27-13-29-19)23-21(15-7-3-1-4-8-15)24(18-12-20(26)30-14-28-18)22(23)16-9-5-2-6-10-16/h1-14,21-24H/t21-,22-,23-,24-. The molecule has 0 saturated heterocycles. The smallest absolute Gasteiger partial charge is 0.132 e. The maximum absolute atomic E-state index is 6.24. The fraction of sp³-hybridized carbons (Fsp3) is 0.167. The van der Waals surface area contributed by atoms with Gasteiger partial charge in [-0.3, -0.25) is 0 Å². The van der Waals surface area contributed by atoms with Crippen molar-refractivity contribution in [1.82, 2.24) is 19.9 Å². The Morgan fingerprint density at radius 1 is 0.500 bits per heavy atom. The van der Waals surface area contributed by atoms with Crippen LogP contribution in [0.1, 0.15) is 46.2 Å². The van der Waals surface area contributed by atoms with Crippen LogP contribution in [0.15, 0.2) is 85.5 Å². The highest BCUT2D eigenvalue weighted by molar-refractivity contribution is 6.29. The predicted molar refractivity (Wildman–Crippen MR) is 118 cm³/mol. The molecule has 0 spiro atoms. The van der Waals surface area contributed by atoms with E-state index in [1.54, 1.807) is 0 Å². The van der Waals surface area contributed by atoms with Crippen molar-refractivity contribution in [2.75, 3.05) is 0 Å². The van der Waals surface area contributed by atoms with Crippen LogP contribution in [0.2, 0.25) is 10.3 Å². The highest BCUT2D eigenvalue weighted by Crippen LogP contribution is 2.65. The van der Waals surface area contributed by atoms with Gasteiger partial charge in [0.2, 0.25) is 0 Å². The summed E-state index contributed by atoms with van der Waals surface area (Å²) in [5, 5.41) is 0.902. The largest absolute Gasteiger partial charge is 0.241 e. The number of hydrogen-bond acceptors (Lipinski definition) is 4. The van der Waals surface area contributed by atoms with Gasteiger partial charge in [0.25, 0.3) is 0 Å². The average Bonchev–Trinajstić information content (AvgIpc) is 2.75. The summed E-state index contributed by atoms with van der Waals surface area (Å²) in [6.45, 7) is 0. The first-order chi connectivity index (χ1) is 14.7. The third kappa shape index (κ3) is 3.47. The molecule has 1 aliphatic carbocycles. The Morgan fingerprint density at radius 2 is 0.900 bits per heavy atom. The van der Waals surface area contributed by atoms with Crippen LogP contribution < -0.4 is 0 Å². The highest BCUT2D eigenvalue weighted by Gasteiger charge is 2.54. The molecule has 148 valence electrons. The third-order valence-electron chi connectivity index (χ3n) is 5.91. The van der Waals surface area contributed by atoms with Crippen LogP contribution in [0.25, 0.3) is 0 Å². The summed E-state index contributed by atoms with van der Waals surface area (Å²) in [4.78, 5) is 17.4. The molecule has 0 N–H and O–H groups in total. The predicted octanol–water partition coefficient (Wildman–Crippen LogP) is 6.02. The van der Waals surface area contributed by atoms with E-state index in [-0.39, 0.29) is 23.7 Å². The van der Waals surface area contributed by atoms with Crippen molar-refractivity contribution in [1.29, 1.82) is 0 Å². The Morgan fingerprint density at radius 3 is 1.27 bits per heavy atom. The number of halogens is 2. The van der Waals surface area contributed by atoms with Gasteiger partial charge in [-0.25, -0.2) is 19.9 Å². The van der Waals surface area contributed by atoms with Gasteiger partial charge in [0.15, 0.2) is 0 Å². The molecule has 4 aromatic rings. The molecule has 2 heterocycles. The lowest BCUT2D eigenvalue weighted by Crippen LogP contribution is -2.41. The van der Waals surface area contributed by atoms with E-state index in [1.165, 1.54) is 23.8 Å². The summed E-state index contributed by atoms with van der Waals surface area (Å²) in [5.74, 6) is 0.616. The van der Waals surface area contributed by atoms with Crippen LogP contribution >= 0.6 is 23.2 Å². The molecule has 1 aliphatic rings. The van der Waals surface area contributed by atoms with E-state index in [2.05, 4.69) is 68.5 Å². The van der Waals surface area contributed by atoms with Gasteiger partial charge in [0.05, 0.1) is 0 Å². The van der Waals surface area contributed by atoms with E-state index in [0.717, 1.165) is 11.4 Å². The SMILES string of the molecule is Clc1cc([C@H]2[C@H](c3ccccc3)[C@H](c3cc(Cl)ncn3)[C@H]2c2ccccc2)ncn1. The number of hydrogen-bond donors (Lipinski definition) is 0. The lowest BCUT2D eigenvalue weighted by Gasteiger charge is -2.52. The zero-order chi connectivity index (χ0) is 20.5. The maximum atomic E-state index is 6.24. The second-order valence-corrected chi connectivity index (χ2v) is 8.23. The van der Waals surface area contributed by atoms with Crippen LogP contribution in [-0.4, -0.2) is 19.9 Å². The van der Waals surface area contributed by atoms with E-state index >= 15 is 0 Å². The molecular formula is C24H18Cl2N4. The van der Waals surface area contributed by atoms with E-state index in [9.17, 15) is 0 Å². The molecule has 0 unspecified atom stereocenters. The Labute approximate surface area is 185 Å². The molecule has 0 amide bonds. The molecule has 0 radical (unpaired) electrons. The van der Waals surface area contributed by atoms with Crippen molar-refractivity contribution in [2.45, 2.75) is 23.7 Å². The average molecular weight is 433 g/mol. The zero-order valence-electron chi connectivity index (χ0n) is 15.9. The molecular weight excluding hydrogens is 415 g/mol. The molecule has 1 saturated carbocycles. The second kappa shape index (κ2) is 8.13. The molecule has 0 atom stereocenters. The fourth-order valence-electron chi connectivity index (χ4n) is 4.72. The first kappa shape index (κ1) is 19.2. The first-order valence-electron chi connectivity index (χ1n) is 9.77. The molecule has 2 aromatic heterocycles. The Balaban J connectivity index is 1.69. The second-order valence-electron chi connectivity index (χ2n) is 7.46. The molecule has 5 rings (SSSR count). The number of nitrogens with zero attached hydrogens (tertiary/aromatic N) is 4. The lowest BCUT2D eigenvalue weighted by molar-refractivity contribution is 0.219. The quantitative estimate of drug-likeness (QED) is 0.369. The van der Waals surface area contributed by atoms with Crippen molar-refractivity contribution >= 4 is 23.2 Å². The van der Waals surface area contributed by atoms with Gasteiger partial charge in [-0.05, 0) is 23.3 Å². The summed E-state index contributed by atoms with van der Waals surface area (Å²) in [6.07, 6.45) is 3.08. The van der Waals surface area contributed by atoms with Gasteiger partial charge in [0, 0.05) is 35.1 Å². The Bertz CT molecular complexity index is 1050. The Hall–Kier alpha value is -2.82. The minimum absolute atomic E-state index is 0.133. The third-order valence-corrected chi connectivity index (χ3v) is 6.32. The minimum Gasteiger partial charge on any atom is -0.241 e. The van der Waals surface area contributed by atoms with E-state index < -0.39 is 0 Å². The normalized spacial score (nSPS) is 23.0. The van der Waals surface area contributed by atoms with Crippen molar-refractivity contribution < 1.29 is 0 Å². The monoisotopic (exact) mass is 432 g/mol. The molecule has 6 heteroatoms. The van der Waals surface area contributed by atoms with Crippen LogP contribution in [0.4, 0.5) is 0 Å². The van der Waals surface area contributed by atoms with Crippen molar-refractivity contribution in [3.8, 4) is 0 Å². The van der Waals surface area contributed by atoms with Gasteiger partial charge in [0.1, 0.15) is 23.0 Å².